The van der Waals surface area contributed by atoms with Crippen LogP contribution < -0.4 is 4.74 Å². The smallest absolute Gasteiger partial charge is 0.277 e. The van der Waals surface area contributed by atoms with Gasteiger partial charge in [0.05, 0.1) is 12.1 Å². The maximum absolute atomic E-state index is 5.31. The van der Waals surface area contributed by atoms with Crippen molar-refractivity contribution in [1.29, 1.82) is 0 Å². The molecule has 2 heterocycles. The average molecular weight is 287 g/mol. The molecule has 6 heteroatoms. The molecule has 1 aromatic carbocycles. The molecule has 0 saturated carbocycles. The SMILES string of the molecule is COc1ccc(-c2noc(-c3nc(C)sc3C)n2)cc1. The van der Waals surface area contributed by atoms with E-state index in [0.717, 1.165) is 26.9 Å². The molecule has 102 valence electrons. The summed E-state index contributed by atoms with van der Waals surface area (Å²) in [5.74, 6) is 1.80. The summed E-state index contributed by atoms with van der Waals surface area (Å²) in [4.78, 5) is 9.90. The Morgan fingerprint density at radius 1 is 1.10 bits per heavy atom. The molecular weight excluding hydrogens is 274 g/mol. The fraction of sp³-hybridized carbons (Fsp3) is 0.214. The largest absolute Gasteiger partial charge is 0.497 e. The van der Waals surface area contributed by atoms with Crippen LogP contribution in [0.25, 0.3) is 23.0 Å². The van der Waals surface area contributed by atoms with Gasteiger partial charge in [0.1, 0.15) is 11.4 Å². The predicted octanol–water partition coefficient (Wildman–Crippen LogP) is 3.49. The maximum Gasteiger partial charge on any atom is 0.277 e. The monoisotopic (exact) mass is 287 g/mol. The summed E-state index contributed by atoms with van der Waals surface area (Å²) in [6, 6.07) is 7.52. The molecule has 0 radical (unpaired) electrons. The molecule has 0 aliphatic heterocycles. The Bertz CT molecular complexity index is 731. The highest BCUT2D eigenvalue weighted by Crippen LogP contribution is 2.28. The molecule has 0 saturated heterocycles. The lowest BCUT2D eigenvalue weighted by Gasteiger charge is -1.98. The molecule has 0 amide bonds. The van der Waals surface area contributed by atoms with Gasteiger partial charge in [-0.25, -0.2) is 4.98 Å². The standard InChI is InChI=1S/C14H13N3O2S/c1-8-12(15-9(2)20-8)14-16-13(17-19-14)10-4-6-11(18-3)7-5-10/h4-7H,1-3H3. The summed E-state index contributed by atoms with van der Waals surface area (Å²) < 4.78 is 10.4. The summed E-state index contributed by atoms with van der Waals surface area (Å²) in [5.41, 5.74) is 1.64. The van der Waals surface area contributed by atoms with Crippen molar-refractivity contribution in [1.82, 2.24) is 15.1 Å². The zero-order valence-corrected chi connectivity index (χ0v) is 12.2. The van der Waals surface area contributed by atoms with Gasteiger partial charge in [-0.05, 0) is 38.1 Å². The number of thiazole rings is 1. The first-order valence-electron chi connectivity index (χ1n) is 6.10. The molecule has 0 unspecified atom stereocenters. The molecule has 0 N–H and O–H groups in total. The van der Waals surface area contributed by atoms with Crippen molar-refractivity contribution >= 4 is 11.3 Å². The number of nitrogens with zero attached hydrogens (tertiary/aromatic N) is 3. The zero-order chi connectivity index (χ0) is 14.1. The van der Waals surface area contributed by atoms with E-state index in [1.165, 1.54) is 0 Å². The Hall–Kier alpha value is -2.21. The van der Waals surface area contributed by atoms with E-state index in [2.05, 4.69) is 15.1 Å². The lowest BCUT2D eigenvalue weighted by Crippen LogP contribution is -1.85. The molecule has 0 bridgehead atoms. The minimum absolute atomic E-state index is 0.456. The summed E-state index contributed by atoms with van der Waals surface area (Å²) in [5, 5.41) is 4.99. The van der Waals surface area contributed by atoms with Crippen molar-refractivity contribution in [2.24, 2.45) is 0 Å². The number of aryl methyl sites for hydroxylation is 2. The molecule has 0 spiro atoms. The van der Waals surface area contributed by atoms with Gasteiger partial charge < -0.3 is 9.26 Å². The average Bonchev–Trinajstić information content (AvgIpc) is 3.05. The molecule has 0 atom stereocenters. The molecule has 3 rings (SSSR count). The Morgan fingerprint density at radius 3 is 2.45 bits per heavy atom. The summed E-state index contributed by atoms with van der Waals surface area (Å²) in [6.45, 7) is 3.96. The van der Waals surface area contributed by atoms with Crippen molar-refractivity contribution in [3.8, 4) is 28.7 Å². The number of ether oxygens (including phenoxy) is 1. The number of methoxy groups -OCH3 is 1. The molecule has 2 aromatic heterocycles. The molecule has 0 aliphatic rings. The van der Waals surface area contributed by atoms with E-state index < -0.39 is 0 Å². The van der Waals surface area contributed by atoms with E-state index in [1.54, 1.807) is 18.4 Å². The van der Waals surface area contributed by atoms with E-state index >= 15 is 0 Å². The fourth-order valence-electron chi connectivity index (χ4n) is 1.90. The van der Waals surface area contributed by atoms with Crippen molar-refractivity contribution in [3.05, 3.63) is 34.2 Å². The minimum Gasteiger partial charge on any atom is -0.497 e. The number of rotatable bonds is 3. The van der Waals surface area contributed by atoms with Gasteiger partial charge in [0, 0.05) is 10.4 Å². The quantitative estimate of drug-likeness (QED) is 0.738. The number of hydrogen-bond donors (Lipinski definition) is 0. The van der Waals surface area contributed by atoms with Gasteiger partial charge in [-0.1, -0.05) is 5.16 Å². The van der Waals surface area contributed by atoms with Crippen molar-refractivity contribution in [3.63, 3.8) is 0 Å². The van der Waals surface area contributed by atoms with Crippen LogP contribution in [0.4, 0.5) is 0 Å². The first-order chi connectivity index (χ1) is 9.67. The first-order valence-corrected chi connectivity index (χ1v) is 6.91. The third-order valence-corrected chi connectivity index (χ3v) is 3.77. The van der Waals surface area contributed by atoms with E-state index in [-0.39, 0.29) is 0 Å². The molecule has 20 heavy (non-hydrogen) atoms. The maximum atomic E-state index is 5.31. The van der Waals surface area contributed by atoms with Crippen LogP contribution in [-0.2, 0) is 0 Å². The van der Waals surface area contributed by atoms with Crippen molar-refractivity contribution < 1.29 is 9.26 Å². The van der Waals surface area contributed by atoms with Gasteiger partial charge in [-0.15, -0.1) is 11.3 Å². The van der Waals surface area contributed by atoms with Crippen LogP contribution in [0.1, 0.15) is 9.88 Å². The lowest BCUT2D eigenvalue weighted by atomic mass is 10.2. The van der Waals surface area contributed by atoms with Gasteiger partial charge in [0.15, 0.2) is 0 Å². The lowest BCUT2D eigenvalue weighted by molar-refractivity contribution is 0.414. The van der Waals surface area contributed by atoms with Crippen LogP contribution in [0.15, 0.2) is 28.8 Å². The van der Waals surface area contributed by atoms with E-state index in [4.69, 9.17) is 9.26 Å². The second kappa shape index (κ2) is 5.05. The Labute approximate surface area is 120 Å². The Morgan fingerprint density at radius 2 is 1.85 bits per heavy atom. The van der Waals surface area contributed by atoms with Gasteiger partial charge >= 0.3 is 0 Å². The number of benzene rings is 1. The summed E-state index contributed by atoms with van der Waals surface area (Å²) in [7, 11) is 1.63. The highest BCUT2D eigenvalue weighted by molar-refractivity contribution is 7.11. The van der Waals surface area contributed by atoms with Crippen molar-refractivity contribution in [2.75, 3.05) is 7.11 Å². The van der Waals surface area contributed by atoms with Gasteiger partial charge in [-0.2, -0.15) is 4.98 Å². The third-order valence-electron chi connectivity index (χ3n) is 2.88. The normalized spacial score (nSPS) is 10.8. The fourth-order valence-corrected chi connectivity index (χ4v) is 2.71. The highest BCUT2D eigenvalue weighted by atomic mass is 32.1. The van der Waals surface area contributed by atoms with Crippen LogP contribution in [0, 0.1) is 13.8 Å². The van der Waals surface area contributed by atoms with Crippen LogP contribution in [0.3, 0.4) is 0 Å². The molecular formula is C14H13N3O2S. The van der Waals surface area contributed by atoms with Crippen molar-refractivity contribution in [2.45, 2.75) is 13.8 Å². The topological polar surface area (TPSA) is 61.0 Å². The second-order valence-corrected chi connectivity index (χ2v) is 5.70. The van der Waals surface area contributed by atoms with Gasteiger partial charge in [-0.3, -0.25) is 0 Å². The second-order valence-electron chi connectivity index (χ2n) is 4.29. The molecule has 0 aliphatic carbocycles. The Balaban J connectivity index is 1.95. The summed E-state index contributed by atoms with van der Waals surface area (Å²) in [6.07, 6.45) is 0. The highest BCUT2D eigenvalue weighted by Gasteiger charge is 2.16. The van der Waals surface area contributed by atoms with E-state index in [0.29, 0.717) is 11.7 Å². The van der Waals surface area contributed by atoms with E-state index in [9.17, 15) is 0 Å². The number of aromatic nitrogens is 3. The zero-order valence-electron chi connectivity index (χ0n) is 11.4. The molecule has 5 nitrogen and oxygen atoms in total. The van der Waals surface area contributed by atoms with Gasteiger partial charge in [0.2, 0.25) is 5.82 Å². The van der Waals surface area contributed by atoms with Crippen LogP contribution >= 0.6 is 11.3 Å². The minimum atomic E-state index is 0.456. The van der Waals surface area contributed by atoms with Crippen LogP contribution in [-0.4, -0.2) is 22.2 Å². The van der Waals surface area contributed by atoms with Crippen LogP contribution in [0.5, 0.6) is 5.75 Å². The predicted molar refractivity (Wildman–Crippen MR) is 76.9 cm³/mol. The van der Waals surface area contributed by atoms with Crippen LogP contribution in [0.2, 0.25) is 0 Å². The molecule has 3 aromatic rings. The third kappa shape index (κ3) is 2.30. The molecule has 0 fully saturated rings. The number of hydrogen-bond acceptors (Lipinski definition) is 6. The Kier molecular flexibility index (Phi) is 3.23. The van der Waals surface area contributed by atoms with E-state index in [1.807, 2.05) is 38.1 Å². The first kappa shape index (κ1) is 12.8. The van der Waals surface area contributed by atoms with Gasteiger partial charge in [0.25, 0.3) is 5.89 Å². The summed E-state index contributed by atoms with van der Waals surface area (Å²) >= 11 is 1.62.